The van der Waals surface area contributed by atoms with Crippen LogP contribution in [0.2, 0.25) is 0 Å². The summed E-state index contributed by atoms with van der Waals surface area (Å²) < 4.78 is 3.06. The van der Waals surface area contributed by atoms with Crippen LogP contribution in [0.1, 0.15) is 34.1 Å². The number of hydrogen-bond donors (Lipinski definition) is 0. The number of pyridine rings is 1. The number of anilines is 1. The van der Waals surface area contributed by atoms with Gasteiger partial charge >= 0.3 is 0 Å². The molecule has 2 aliphatic rings. The average molecular weight is 402 g/mol. The highest BCUT2D eigenvalue weighted by Crippen LogP contribution is 2.39. The second-order valence-corrected chi connectivity index (χ2v) is 7.69. The lowest BCUT2D eigenvalue weighted by Crippen LogP contribution is -2.24. The molecule has 1 fully saturated rings. The molecule has 1 aliphatic carbocycles. The summed E-state index contributed by atoms with van der Waals surface area (Å²) in [6.07, 6.45) is 4.07. The molecule has 0 saturated heterocycles. The second kappa shape index (κ2) is 5.22. The fraction of sp³-hybridized carbons (Fsp3) is 0.250. The van der Waals surface area contributed by atoms with Crippen molar-refractivity contribution in [3.05, 3.63) is 44.8 Å². The Balaban J connectivity index is 1.52. The van der Waals surface area contributed by atoms with Crippen LogP contribution in [0.3, 0.4) is 0 Å². The van der Waals surface area contributed by atoms with Crippen molar-refractivity contribution in [2.75, 3.05) is 4.90 Å². The molecular formula is C16H12BrN5OS. The van der Waals surface area contributed by atoms with E-state index < -0.39 is 0 Å². The molecule has 0 N–H and O–H groups in total. The summed E-state index contributed by atoms with van der Waals surface area (Å²) in [5, 5.41) is 10.2. The molecule has 120 valence electrons. The molecule has 0 atom stereocenters. The number of fused-ring (bicyclic) bond motifs is 1. The number of carbonyl (C=O) groups is 1. The van der Waals surface area contributed by atoms with E-state index in [9.17, 15) is 4.79 Å². The van der Waals surface area contributed by atoms with Crippen LogP contribution in [0.4, 0.5) is 5.82 Å². The maximum absolute atomic E-state index is 12.6. The van der Waals surface area contributed by atoms with Gasteiger partial charge in [0, 0.05) is 21.5 Å². The molecule has 3 aromatic heterocycles. The van der Waals surface area contributed by atoms with Crippen molar-refractivity contribution in [3.63, 3.8) is 0 Å². The molecule has 0 spiro atoms. The summed E-state index contributed by atoms with van der Waals surface area (Å²) in [5.74, 6) is 1.43. The van der Waals surface area contributed by atoms with E-state index >= 15 is 0 Å². The van der Waals surface area contributed by atoms with Gasteiger partial charge in [-0.15, -0.1) is 21.5 Å². The van der Waals surface area contributed by atoms with Crippen molar-refractivity contribution in [2.45, 2.75) is 25.4 Å². The van der Waals surface area contributed by atoms with E-state index in [1.165, 1.54) is 11.3 Å². The third kappa shape index (κ3) is 2.13. The lowest BCUT2D eigenvalue weighted by Gasteiger charge is -2.15. The highest BCUT2D eigenvalue weighted by atomic mass is 79.9. The minimum atomic E-state index is 0.00834. The van der Waals surface area contributed by atoms with Gasteiger partial charge in [0.2, 0.25) is 0 Å². The zero-order chi connectivity index (χ0) is 16.3. The Hall–Kier alpha value is -2.06. The van der Waals surface area contributed by atoms with Gasteiger partial charge in [0.05, 0.1) is 11.4 Å². The number of nitrogens with zero attached hydrogens (tertiary/aromatic N) is 5. The molecular weight excluding hydrogens is 390 g/mol. The third-order valence-electron chi connectivity index (χ3n) is 4.35. The monoisotopic (exact) mass is 401 g/mol. The van der Waals surface area contributed by atoms with E-state index in [0.29, 0.717) is 18.4 Å². The van der Waals surface area contributed by atoms with Crippen LogP contribution in [-0.2, 0) is 6.54 Å². The Morgan fingerprint density at radius 1 is 1.29 bits per heavy atom. The molecule has 3 aromatic rings. The summed E-state index contributed by atoms with van der Waals surface area (Å²) >= 11 is 4.98. The first kappa shape index (κ1) is 14.3. The summed E-state index contributed by atoms with van der Waals surface area (Å²) in [6, 6.07) is 6.18. The van der Waals surface area contributed by atoms with Crippen molar-refractivity contribution < 1.29 is 4.79 Å². The minimum Gasteiger partial charge on any atom is -0.309 e. The van der Waals surface area contributed by atoms with E-state index in [4.69, 9.17) is 0 Å². The predicted octanol–water partition coefficient (Wildman–Crippen LogP) is 3.66. The Labute approximate surface area is 150 Å². The van der Waals surface area contributed by atoms with Crippen LogP contribution < -0.4 is 4.90 Å². The smallest absolute Gasteiger partial charge is 0.270 e. The molecule has 8 heteroatoms. The predicted molar refractivity (Wildman–Crippen MR) is 94.1 cm³/mol. The van der Waals surface area contributed by atoms with Gasteiger partial charge in [-0.3, -0.25) is 9.69 Å². The van der Waals surface area contributed by atoms with E-state index in [2.05, 4.69) is 35.7 Å². The molecule has 4 heterocycles. The van der Waals surface area contributed by atoms with Gasteiger partial charge in [0.15, 0.2) is 5.82 Å². The number of amides is 1. The Kier molecular flexibility index (Phi) is 3.11. The number of aromatic nitrogens is 4. The molecule has 0 bridgehead atoms. The second-order valence-electron chi connectivity index (χ2n) is 5.96. The number of thiophene rings is 1. The van der Waals surface area contributed by atoms with Crippen molar-refractivity contribution in [2.24, 2.45) is 0 Å². The van der Waals surface area contributed by atoms with Gasteiger partial charge in [-0.25, -0.2) is 4.98 Å². The van der Waals surface area contributed by atoms with Gasteiger partial charge in [-0.1, -0.05) is 6.07 Å². The van der Waals surface area contributed by atoms with Crippen LogP contribution in [0, 0.1) is 0 Å². The number of halogens is 1. The van der Waals surface area contributed by atoms with Gasteiger partial charge in [-0.2, -0.15) is 0 Å². The largest absolute Gasteiger partial charge is 0.309 e. The maximum Gasteiger partial charge on any atom is 0.270 e. The van der Waals surface area contributed by atoms with Crippen LogP contribution in [0.5, 0.6) is 0 Å². The van der Waals surface area contributed by atoms with E-state index in [0.717, 1.165) is 39.3 Å². The van der Waals surface area contributed by atoms with Crippen LogP contribution in [0.25, 0.3) is 11.5 Å². The normalized spacial score (nSPS) is 16.7. The fourth-order valence-electron chi connectivity index (χ4n) is 2.97. The third-order valence-corrected chi connectivity index (χ3v) is 6.37. The summed E-state index contributed by atoms with van der Waals surface area (Å²) in [5.41, 5.74) is 1.79. The quantitative estimate of drug-likeness (QED) is 0.671. The number of rotatable bonds is 3. The van der Waals surface area contributed by atoms with Crippen molar-refractivity contribution in [1.29, 1.82) is 0 Å². The Bertz CT molecular complexity index is 961. The minimum absolute atomic E-state index is 0.00834. The van der Waals surface area contributed by atoms with Crippen molar-refractivity contribution in [1.82, 2.24) is 19.7 Å². The molecule has 1 aliphatic heterocycles. The van der Waals surface area contributed by atoms with Gasteiger partial charge < -0.3 is 4.57 Å². The summed E-state index contributed by atoms with van der Waals surface area (Å²) in [4.78, 5) is 19.8. The number of carbonyl (C=O) groups excluding carboxylic acids is 1. The van der Waals surface area contributed by atoms with E-state index in [1.54, 1.807) is 11.2 Å². The number of hydrogen-bond acceptors (Lipinski definition) is 5. The van der Waals surface area contributed by atoms with Gasteiger partial charge in [0.25, 0.3) is 5.91 Å². The molecule has 0 aromatic carbocycles. The highest BCUT2D eigenvalue weighted by molar-refractivity contribution is 9.10. The fourth-order valence-corrected chi connectivity index (χ4v) is 4.60. The van der Waals surface area contributed by atoms with E-state index in [1.807, 2.05) is 23.6 Å². The van der Waals surface area contributed by atoms with Gasteiger partial charge in [0.1, 0.15) is 17.8 Å². The molecule has 6 nitrogen and oxygen atoms in total. The lowest BCUT2D eigenvalue weighted by molar-refractivity contribution is 0.0999. The molecule has 5 rings (SSSR count). The molecule has 24 heavy (non-hydrogen) atoms. The zero-order valence-corrected chi connectivity index (χ0v) is 14.9. The highest BCUT2D eigenvalue weighted by Gasteiger charge is 2.33. The average Bonchev–Trinajstić information content (AvgIpc) is 3.06. The Morgan fingerprint density at radius 3 is 2.96 bits per heavy atom. The van der Waals surface area contributed by atoms with Crippen LogP contribution >= 0.6 is 27.3 Å². The maximum atomic E-state index is 12.6. The molecule has 1 saturated carbocycles. The molecule has 0 unspecified atom stereocenters. The molecule has 0 radical (unpaired) electrons. The van der Waals surface area contributed by atoms with Crippen molar-refractivity contribution in [3.8, 4) is 11.5 Å². The van der Waals surface area contributed by atoms with Crippen molar-refractivity contribution >= 4 is 39.0 Å². The topological polar surface area (TPSA) is 63.9 Å². The van der Waals surface area contributed by atoms with E-state index in [-0.39, 0.29) is 5.91 Å². The van der Waals surface area contributed by atoms with Crippen LogP contribution in [-0.4, -0.2) is 25.7 Å². The summed E-state index contributed by atoms with van der Waals surface area (Å²) in [7, 11) is 0. The van der Waals surface area contributed by atoms with Crippen LogP contribution in [0.15, 0.2) is 34.4 Å². The standard InChI is InChI=1S/C16H12BrN5OS/c17-11-7-24-14-10(11)6-21(16(14)23)13-3-1-2-12(19-13)15-20-18-8-22(15)9-4-5-9/h1-3,7-9H,4-6H2. The first-order valence-corrected chi connectivity index (χ1v) is 9.34. The SMILES string of the molecule is O=C1c2scc(Br)c2CN1c1cccc(-c2nncn2C2CC2)n1. The lowest BCUT2D eigenvalue weighted by atomic mass is 10.3. The Morgan fingerprint density at radius 2 is 2.17 bits per heavy atom. The zero-order valence-electron chi connectivity index (χ0n) is 12.5. The summed E-state index contributed by atoms with van der Waals surface area (Å²) in [6.45, 7) is 0.546. The first-order valence-electron chi connectivity index (χ1n) is 7.67. The first-order chi connectivity index (χ1) is 11.7. The molecule has 1 amide bonds. The van der Waals surface area contributed by atoms with Gasteiger partial charge in [-0.05, 0) is 40.9 Å².